The van der Waals surface area contributed by atoms with Gasteiger partial charge >= 0.3 is 0 Å². The zero-order chi connectivity index (χ0) is 16.1. The van der Waals surface area contributed by atoms with E-state index < -0.39 is 0 Å². The minimum absolute atomic E-state index is 0.211. The number of quaternary nitrogens is 1. The number of nitrogens with zero attached hydrogens (tertiary/aromatic N) is 2. The quantitative estimate of drug-likeness (QED) is 0.341. The molecule has 0 unspecified atom stereocenters. The highest BCUT2D eigenvalue weighted by atomic mass is 16.3. The molecule has 0 fully saturated rings. The van der Waals surface area contributed by atoms with Gasteiger partial charge in [0.1, 0.15) is 6.54 Å². The van der Waals surface area contributed by atoms with Crippen molar-refractivity contribution >= 4 is 5.91 Å². The van der Waals surface area contributed by atoms with E-state index in [4.69, 9.17) is 0 Å². The number of aliphatic hydroxyl groups excluding tert-OH is 1. The van der Waals surface area contributed by atoms with Gasteiger partial charge in [-0.15, -0.1) is 0 Å². The lowest BCUT2D eigenvalue weighted by atomic mass is 10.2. The van der Waals surface area contributed by atoms with Crippen molar-refractivity contribution in [3.8, 4) is 0 Å². The van der Waals surface area contributed by atoms with Crippen LogP contribution in [0.15, 0.2) is 12.2 Å². The first-order chi connectivity index (χ1) is 10.0. The predicted molar refractivity (Wildman–Crippen MR) is 89.1 cm³/mol. The van der Waals surface area contributed by atoms with E-state index in [1.54, 1.807) is 0 Å². The molecule has 0 aliphatic rings. The van der Waals surface area contributed by atoms with Crippen molar-refractivity contribution in [2.75, 3.05) is 46.4 Å². The Balaban J connectivity index is 4.13. The fraction of sp³-hybridized carbons (Fsp3) is 0.824. The molecule has 1 amide bonds. The number of likely N-dealkylation sites (N-methyl/N-ethyl adjacent to an activating group) is 2. The van der Waals surface area contributed by atoms with E-state index in [2.05, 4.69) is 32.9 Å². The summed E-state index contributed by atoms with van der Waals surface area (Å²) in [5.41, 5.74) is 0. The molecule has 0 aromatic rings. The fourth-order valence-electron chi connectivity index (χ4n) is 2.51. The van der Waals surface area contributed by atoms with E-state index in [1.165, 1.54) is 0 Å². The Labute approximate surface area is 131 Å². The van der Waals surface area contributed by atoms with Gasteiger partial charge in [0, 0.05) is 13.5 Å². The zero-order valence-corrected chi connectivity index (χ0v) is 14.5. The van der Waals surface area contributed by atoms with Crippen molar-refractivity contribution in [1.82, 2.24) is 4.90 Å². The molecule has 21 heavy (non-hydrogen) atoms. The molecule has 4 nitrogen and oxygen atoms in total. The second-order valence-electron chi connectivity index (χ2n) is 5.73. The molecule has 0 heterocycles. The molecule has 0 saturated heterocycles. The van der Waals surface area contributed by atoms with Crippen molar-refractivity contribution < 1.29 is 14.4 Å². The van der Waals surface area contributed by atoms with E-state index in [0.29, 0.717) is 6.42 Å². The number of carbonyl (C=O) groups is 1. The van der Waals surface area contributed by atoms with Gasteiger partial charge in [0.05, 0.1) is 32.8 Å². The lowest BCUT2D eigenvalue weighted by Crippen LogP contribution is -2.53. The van der Waals surface area contributed by atoms with Crippen LogP contribution >= 0.6 is 0 Å². The molecule has 0 atom stereocenters. The smallest absolute Gasteiger partial charge is 0.222 e. The van der Waals surface area contributed by atoms with E-state index in [9.17, 15) is 9.90 Å². The predicted octanol–water partition coefficient (Wildman–Crippen LogP) is 2.43. The molecule has 0 aromatic heterocycles. The monoisotopic (exact) mass is 299 g/mol. The highest BCUT2D eigenvalue weighted by molar-refractivity contribution is 5.75. The summed E-state index contributed by atoms with van der Waals surface area (Å²) < 4.78 is 0.882. The molecule has 0 radical (unpaired) electrons. The van der Waals surface area contributed by atoms with Crippen LogP contribution in [-0.4, -0.2) is 66.8 Å². The van der Waals surface area contributed by atoms with Gasteiger partial charge in [-0.2, -0.15) is 0 Å². The Morgan fingerprint density at radius 3 is 2.33 bits per heavy atom. The molecule has 0 spiro atoms. The standard InChI is InChI=1S/C17H35N2O2/c1-5-8-9-10-11-12-17(21)18(4)13-14-19(6-2,7-3)15-16-20/h8-9,20H,5-7,10-16H2,1-4H3/q+1/b9-8+. The molecule has 0 aliphatic carbocycles. The third kappa shape index (κ3) is 8.22. The summed E-state index contributed by atoms with van der Waals surface area (Å²) in [5.74, 6) is 0.231. The molecule has 0 aromatic carbocycles. The summed E-state index contributed by atoms with van der Waals surface area (Å²) in [6.07, 6.45) is 7.91. The van der Waals surface area contributed by atoms with Crippen LogP contribution in [0.25, 0.3) is 0 Å². The fourth-order valence-corrected chi connectivity index (χ4v) is 2.51. The van der Waals surface area contributed by atoms with Crippen LogP contribution in [0, 0.1) is 0 Å². The van der Waals surface area contributed by atoms with E-state index in [-0.39, 0.29) is 12.5 Å². The van der Waals surface area contributed by atoms with Crippen LogP contribution in [0.4, 0.5) is 0 Å². The highest BCUT2D eigenvalue weighted by Gasteiger charge is 2.23. The average Bonchev–Trinajstić information content (AvgIpc) is 2.50. The first-order valence-electron chi connectivity index (χ1n) is 8.40. The maximum atomic E-state index is 12.1. The van der Waals surface area contributed by atoms with Crippen LogP contribution in [0.5, 0.6) is 0 Å². The topological polar surface area (TPSA) is 40.5 Å². The second kappa shape index (κ2) is 11.8. The average molecular weight is 299 g/mol. The largest absolute Gasteiger partial charge is 0.391 e. The van der Waals surface area contributed by atoms with Gasteiger partial charge in [-0.1, -0.05) is 19.1 Å². The number of amides is 1. The molecule has 1 N–H and O–H groups in total. The number of rotatable bonds is 12. The van der Waals surface area contributed by atoms with E-state index in [1.807, 2.05) is 11.9 Å². The van der Waals surface area contributed by atoms with Crippen LogP contribution < -0.4 is 0 Å². The first kappa shape index (κ1) is 20.1. The van der Waals surface area contributed by atoms with E-state index >= 15 is 0 Å². The molecule has 0 aliphatic heterocycles. The zero-order valence-electron chi connectivity index (χ0n) is 14.5. The molecule has 124 valence electrons. The highest BCUT2D eigenvalue weighted by Crippen LogP contribution is 2.07. The second-order valence-corrected chi connectivity index (χ2v) is 5.73. The van der Waals surface area contributed by atoms with Gasteiger partial charge in [-0.3, -0.25) is 4.79 Å². The third-order valence-corrected chi connectivity index (χ3v) is 4.42. The molecule has 0 bridgehead atoms. The minimum atomic E-state index is 0.211. The number of allylic oxidation sites excluding steroid dienone is 2. The van der Waals surface area contributed by atoms with Crippen molar-refractivity contribution in [2.24, 2.45) is 0 Å². The SMILES string of the molecule is CC/C=C/CCCC(=O)N(C)CC[N+](CC)(CC)CCO. The summed E-state index contributed by atoms with van der Waals surface area (Å²) >= 11 is 0. The Hall–Kier alpha value is -0.870. The number of unbranched alkanes of at least 4 members (excludes halogenated alkanes) is 1. The molecular formula is C17H35N2O2+. The third-order valence-electron chi connectivity index (χ3n) is 4.42. The van der Waals surface area contributed by atoms with Crippen molar-refractivity contribution in [3.05, 3.63) is 12.2 Å². The summed E-state index contributed by atoms with van der Waals surface area (Å²) in [6, 6.07) is 0. The van der Waals surface area contributed by atoms with E-state index in [0.717, 1.165) is 56.5 Å². The summed E-state index contributed by atoms with van der Waals surface area (Å²) in [7, 11) is 1.89. The van der Waals surface area contributed by atoms with Gasteiger partial charge in [-0.25, -0.2) is 0 Å². The lowest BCUT2D eigenvalue weighted by molar-refractivity contribution is -0.924. The van der Waals surface area contributed by atoms with Crippen LogP contribution in [-0.2, 0) is 4.79 Å². The molecular weight excluding hydrogens is 264 g/mol. The van der Waals surface area contributed by atoms with Gasteiger partial charge in [-0.05, 0) is 33.1 Å². The van der Waals surface area contributed by atoms with Crippen LogP contribution in [0.3, 0.4) is 0 Å². The molecule has 0 saturated carbocycles. The van der Waals surface area contributed by atoms with Gasteiger partial charge in [0.15, 0.2) is 0 Å². The lowest BCUT2D eigenvalue weighted by Gasteiger charge is -2.37. The Bertz CT molecular complexity index is 299. The Kier molecular flexibility index (Phi) is 11.3. The first-order valence-corrected chi connectivity index (χ1v) is 8.40. The maximum absolute atomic E-state index is 12.1. The normalized spacial score (nSPS) is 12.0. The number of hydrogen-bond acceptors (Lipinski definition) is 2. The van der Waals surface area contributed by atoms with Gasteiger partial charge < -0.3 is 14.5 Å². The number of aliphatic hydroxyl groups is 1. The van der Waals surface area contributed by atoms with Gasteiger partial charge in [0.25, 0.3) is 0 Å². The van der Waals surface area contributed by atoms with Crippen molar-refractivity contribution in [2.45, 2.75) is 46.5 Å². The van der Waals surface area contributed by atoms with Crippen LogP contribution in [0.2, 0.25) is 0 Å². The van der Waals surface area contributed by atoms with Crippen LogP contribution in [0.1, 0.15) is 46.5 Å². The maximum Gasteiger partial charge on any atom is 0.222 e. The molecule has 0 rings (SSSR count). The number of hydrogen-bond donors (Lipinski definition) is 1. The number of carbonyl (C=O) groups excluding carboxylic acids is 1. The van der Waals surface area contributed by atoms with Crippen molar-refractivity contribution in [1.29, 1.82) is 0 Å². The summed E-state index contributed by atoms with van der Waals surface area (Å²) in [5, 5.41) is 9.22. The molecule has 4 heteroatoms. The Morgan fingerprint density at radius 2 is 1.81 bits per heavy atom. The summed E-state index contributed by atoms with van der Waals surface area (Å²) in [4.78, 5) is 13.9. The Morgan fingerprint density at radius 1 is 1.14 bits per heavy atom. The van der Waals surface area contributed by atoms with Crippen molar-refractivity contribution in [3.63, 3.8) is 0 Å². The van der Waals surface area contributed by atoms with Gasteiger partial charge in [0.2, 0.25) is 5.91 Å². The summed E-state index contributed by atoms with van der Waals surface area (Å²) in [6.45, 7) is 11.1. The minimum Gasteiger partial charge on any atom is -0.391 e.